The lowest BCUT2D eigenvalue weighted by Crippen LogP contribution is -2.31. The van der Waals surface area contributed by atoms with Crippen LogP contribution >= 0.6 is 0 Å². The number of aromatic nitrogens is 3. The van der Waals surface area contributed by atoms with Gasteiger partial charge in [0.1, 0.15) is 0 Å². The van der Waals surface area contributed by atoms with Crippen molar-refractivity contribution in [2.45, 2.75) is 13.8 Å². The molecule has 1 amide bonds. The van der Waals surface area contributed by atoms with Crippen LogP contribution in [0.3, 0.4) is 0 Å². The Balaban J connectivity index is 1.56. The van der Waals surface area contributed by atoms with E-state index in [2.05, 4.69) is 20.5 Å². The zero-order valence-corrected chi connectivity index (χ0v) is 16.3. The van der Waals surface area contributed by atoms with Crippen molar-refractivity contribution in [3.05, 3.63) is 84.2 Å². The molecule has 0 saturated heterocycles. The first-order chi connectivity index (χ1) is 14.2. The Morgan fingerprint density at radius 3 is 2.59 bits per heavy atom. The van der Waals surface area contributed by atoms with Gasteiger partial charge in [0.15, 0.2) is 11.5 Å². The fourth-order valence-corrected chi connectivity index (χ4v) is 3.23. The molecule has 0 fully saturated rings. The Bertz CT molecular complexity index is 1150. The van der Waals surface area contributed by atoms with E-state index < -0.39 is 0 Å². The van der Waals surface area contributed by atoms with Gasteiger partial charge in [-0.1, -0.05) is 30.3 Å². The van der Waals surface area contributed by atoms with Crippen LogP contribution < -0.4 is 10.2 Å². The quantitative estimate of drug-likeness (QED) is 0.539. The summed E-state index contributed by atoms with van der Waals surface area (Å²) < 4.78 is 0. The minimum absolute atomic E-state index is 0.177. The molecule has 0 aliphatic carbocycles. The average Bonchev–Trinajstić information content (AvgIpc) is 2.75. The number of benzene rings is 2. The number of nitrogens with zero attached hydrogens (tertiary/aromatic N) is 4. The smallest absolute Gasteiger partial charge is 0.278 e. The molecule has 0 saturated carbocycles. The lowest BCUT2D eigenvalue weighted by molar-refractivity contribution is 0.0982. The fourth-order valence-electron chi connectivity index (χ4n) is 3.23. The molecule has 6 heteroatoms. The Morgan fingerprint density at radius 2 is 1.83 bits per heavy atom. The second kappa shape index (κ2) is 8.06. The molecule has 2 heterocycles. The van der Waals surface area contributed by atoms with E-state index in [1.54, 1.807) is 23.2 Å². The van der Waals surface area contributed by atoms with Crippen LogP contribution in [-0.2, 0) is 0 Å². The standard InChI is InChI=1S/C23H21N5O/c1-3-28(18-10-4-7-16(2)15-18)23(29)20-12-13-21(27-26-20)25-19-11-5-8-17-9-6-14-24-22(17)19/h4-15H,3H2,1-2H3,(H,25,27). The number of rotatable bonds is 5. The van der Waals surface area contributed by atoms with E-state index in [0.29, 0.717) is 18.1 Å². The molecule has 0 spiro atoms. The molecule has 2 aromatic heterocycles. The van der Waals surface area contributed by atoms with E-state index in [-0.39, 0.29) is 5.91 Å². The summed E-state index contributed by atoms with van der Waals surface area (Å²) >= 11 is 0. The number of carbonyl (C=O) groups is 1. The molecule has 6 nitrogen and oxygen atoms in total. The molecule has 0 unspecified atom stereocenters. The van der Waals surface area contributed by atoms with Gasteiger partial charge < -0.3 is 10.2 Å². The SMILES string of the molecule is CCN(C(=O)c1ccc(Nc2cccc3cccnc23)nn1)c1cccc(C)c1. The van der Waals surface area contributed by atoms with Gasteiger partial charge in [0.25, 0.3) is 5.91 Å². The Kier molecular flexibility index (Phi) is 5.16. The third-order valence-electron chi connectivity index (χ3n) is 4.65. The lowest BCUT2D eigenvalue weighted by Gasteiger charge is -2.21. The number of aryl methyl sites for hydroxylation is 1. The van der Waals surface area contributed by atoms with Gasteiger partial charge in [0.05, 0.1) is 11.2 Å². The summed E-state index contributed by atoms with van der Waals surface area (Å²) in [6.45, 7) is 4.49. The van der Waals surface area contributed by atoms with Crippen molar-refractivity contribution in [3.63, 3.8) is 0 Å². The first-order valence-corrected chi connectivity index (χ1v) is 9.49. The molecule has 4 rings (SSSR count). The van der Waals surface area contributed by atoms with Crippen molar-refractivity contribution in [2.24, 2.45) is 0 Å². The van der Waals surface area contributed by atoms with E-state index >= 15 is 0 Å². The fraction of sp³-hybridized carbons (Fsp3) is 0.130. The number of hydrogen-bond donors (Lipinski definition) is 1. The first kappa shape index (κ1) is 18.6. The molecule has 0 bridgehead atoms. The normalized spacial score (nSPS) is 10.7. The highest BCUT2D eigenvalue weighted by atomic mass is 16.2. The molecule has 0 radical (unpaired) electrons. The van der Waals surface area contributed by atoms with Crippen molar-refractivity contribution in [1.82, 2.24) is 15.2 Å². The largest absolute Gasteiger partial charge is 0.337 e. The summed E-state index contributed by atoms with van der Waals surface area (Å²) in [7, 11) is 0. The topological polar surface area (TPSA) is 71.0 Å². The number of fused-ring (bicyclic) bond motifs is 1. The average molecular weight is 383 g/mol. The van der Waals surface area contributed by atoms with Crippen molar-refractivity contribution in [3.8, 4) is 0 Å². The van der Waals surface area contributed by atoms with Crippen LogP contribution in [0.1, 0.15) is 23.0 Å². The Hall–Kier alpha value is -3.80. The van der Waals surface area contributed by atoms with Crippen molar-refractivity contribution >= 4 is 34.0 Å². The van der Waals surface area contributed by atoms with Crippen LogP contribution in [0.15, 0.2) is 72.9 Å². The molecule has 2 aromatic carbocycles. The highest BCUT2D eigenvalue weighted by Gasteiger charge is 2.18. The summed E-state index contributed by atoms with van der Waals surface area (Å²) in [4.78, 5) is 19.0. The highest BCUT2D eigenvalue weighted by Crippen LogP contribution is 2.24. The summed E-state index contributed by atoms with van der Waals surface area (Å²) in [6.07, 6.45) is 1.76. The summed E-state index contributed by atoms with van der Waals surface area (Å²) in [6, 6.07) is 21.1. The maximum atomic E-state index is 12.9. The van der Waals surface area contributed by atoms with Crippen molar-refractivity contribution < 1.29 is 4.79 Å². The number of pyridine rings is 1. The maximum absolute atomic E-state index is 12.9. The third-order valence-corrected chi connectivity index (χ3v) is 4.65. The summed E-state index contributed by atoms with van der Waals surface area (Å²) in [5.41, 5.74) is 3.95. The van der Waals surface area contributed by atoms with Crippen LogP contribution in [0, 0.1) is 6.92 Å². The van der Waals surface area contributed by atoms with E-state index in [0.717, 1.165) is 27.8 Å². The maximum Gasteiger partial charge on any atom is 0.278 e. The number of nitrogens with one attached hydrogen (secondary N) is 1. The van der Waals surface area contributed by atoms with Crippen LogP contribution in [0.5, 0.6) is 0 Å². The van der Waals surface area contributed by atoms with E-state index in [4.69, 9.17) is 0 Å². The van der Waals surface area contributed by atoms with E-state index in [1.165, 1.54) is 0 Å². The molecule has 0 aliphatic rings. The molecule has 0 atom stereocenters. The summed E-state index contributed by atoms with van der Waals surface area (Å²) in [5, 5.41) is 12.6. The number of hydrogen-bond acceptors (Lipinski definition) is 5. The molecule has 4 aromatic rings. The van der Waals surface area contributed by atoms with Crippen LogP contribution in [0.2, 0.25) is 0 Å². The molecular weight excluding hydrogens is 362 g/mol. The van der Waals surface area contributed by atoms with Crippen LogP contribution in [0.25, 0.3) is 10.9 Å². The van der Waals surface area contributed by atoms with Gasteiger partial charge in [-0.25, -0.2) is 0 Å². The second-order valence-corrected chi connectivity index (χ2v) is 6.70. The lowest BCUT2D eigenvalue weighted by atomic mass is 10.2. The second-order valence-electron chi connectivity index (χ2n) is 6.70. The monoisotopic (exact) mass is 383 g/mol. The predicted molar refractivity (Wildman–Crippen MR) is 116 cm³/mol. The van der Waals surface area contributed by atoms with Crippen LogP contribution in [0.4, 0.5) is 17.2 Å². The van der Waals surface area contributed by atoms with Crippen molar-refractivity contribution in [1.29, 1.82) is 0 Å². The number of amides is 1. The van der Waals surface area contributed by atoms with Gasteiger partial charge >= 0.3 is 0 Å². The predicted octanol–water partition coefficient (Wildman–Crippen LogP) is 4.74. The molecule has 1 N–H and O–H groups in total. The Labute approximate surface area is 169 Å². The van der Waals surface area contributed by atoms with Gasteiger partial charge in [-0.3, -0.25) is 9.78 Å². The van der Waals surface area contributed by atoms with Gasteiger partial charge in [-0.2, -0.15) is 0 Å². The Morgan fingerprint density at radius 1 is 1.00 bits per heavy atom. The summed E-state index contributed by atoms with van der Waals surface area (Å²) in [5.74, 6) is 0.377. The highest BCUT2D eigenvalue weighted by molar-refractivity contribution is 6.04. The zero-order chi connectivity index (χ0) is 20.2. The van der Waals surface area contributed by atoms with Gasteiger partial charge in [-0.15, -0.1) is 10.2 Å². The molecular formula is C23H21N5O. The number of carbonyl (C=O) groups excluding carboxylic acids is 1. The van der Waals surface area contributed by atoms with Crippen LogP contribution in [-0.4, -0.2) is 27.6 Å². The first-order valence-electron chi connectivity index (χ1n) is 9.49. The van der Waals surface area contributed by atoms with Crippen molar-refractivity contribution in [2.75, 3.05) is 16.8 Å². The van der Waals surface area contributed by atoms with Gasteiger partial charge in [-0.05, 0) is 55.8 Å². The minimum atomic E-state index is -0.177. The van der Waals surface area contributed by atoms with Gasteiger partial charge in [0, 0.05) is 23.8 Å². The zero-order valence-electron chi connectivity index (χ0n) is 16.3. The van der Waals surface area contributed by atoms with E-state index in [9.17, 15) is 4.79 Å². The molecule has 29 heavy (non-hydrogen) atoms. The minimum Gasteiger partial charge on any atom is -0.337 e. The van der Waals surface area contributed by atoms with Gasteiger partial charge in [0.2, 0.25) is 0 Å². The van der Waals surface area contributed by atoms with E-state index in [1.807, 2.05) is 68.4 Å². The third kappa shape index (κ3) is 3.91. The number of para-hydroxylation sites is 1. The molecule has 0 aliphatic heterocycles. The number of anilines is 3. The molecule has 144 valence electrons.